The summed E-state index contributed by atoms with van der Waals surface area (Å²) in [5, 5.41) is 10.5. The van der Waals surface area contributed by atoms with Crippen LogP contribution in [0.3, 0.4) is 0 Å². The number of rotatable bonds is 6. The number of halogens is 2. The van der Waals surface area contributed by atoms with Crippen LogP contribution in [0, 0.1) is 5.82 Å². The van der Waals surface area contributed by atoms with Gasteiger partial charge >= 0.3 is 0 Å². The van der Waals surface area contributed by atoms with Crippen molar-refractivity contribution in [2.75, 3.05) is 20.2 Å². The zero-order chi connectivity index (χ0) is 14.9. The van der Waals surface area contributed by atoms with Crippen molar-refractivity contribution in [2.24, 2.45) is 4.99 Å². The van der Waals surface area contributed by atoms with Gasteiger partial charge in [-0.1, -0.05) is 6.07 Å². The first-order chi connectivity index (χ1) is 10.3. The molecule has 7 heteroatoms. The molecule has 0 spiro atoms. The number of hydrogen-bond donors (Lipinski definition) is 2. The fourth-order valence-electron chi connectivity index (χ4n) is 1.69. The van der Waals surface area contributed by atoms with E-state index in [0.29, 0.717) is 24.9 Å². The molecule has 1 heterocycles. The van der Waals surface area contributed by atoms with E-state index in [-0.39, 0.29) is 29.8 Å². The van der Waals surface area contributed by atoms with Crippen LogP contribution < -0.4 is 15.4 Å². The van der Waals surface area contributed by atoms with Gasteiger partial charge in [-0.3, -0.25) is 4.99 Å². The van der Waals surface area contributed by atoms with E-state index in [1.165, 1.54) is 17.7 Å². The second kappa shape index (κ2) is 10.4. The van der Waals surface area contributed by atoms with Gasteiger partial charge < -0.3 is 15.4 Å². The highest BCUT2D eigenvalue weighted by Gasteiger charge is 1.99. The average Bonchev–Trinajstić information content (AvgIpc) is 3.00. The lowest BCUT2D eigenvalue weighted by molar-refractivity contribution is 0.320. The Balaban J connectivity index is 0.00000242. The van der Waals surface area contributed by atoms with E-state index in [2.05, 4.69) is 27.1 Å². The summed E-state index contributed by atoms with van der Waals surface area (Å²) in [5.74, 6) is 0.941. The number of benzene rings is 1. The zero-order valence-electron chi connectivity index (χ0n) is 12.2. The van der Waals surface area contributed by atoms with Crippen molar-refractivity contribution in [3.8, 4) is 5.75 Å². The van der Waals surface area contributed by atoms with Crippen molar-refractivity contribution in [3.05, 3.63) is 52.5 Å². The van der Waals surface area contributed by atoms with Crippen LogP contribution >= 0.6 is 35.3 Å². The van der Waals surface area contributed by atoms with Crippen LogP contribution in [0.15, 0.2) is 46.1 Å². The molecule has 2 rings (SSSR count). The van der Waals surface area contributed by atoms with Gasteiger partial charge in [0.05, 0.1) is 6.54 Å². The van der Waals surface area contributed by atoms with E-state index >= 15 is 0 Å². The molecule has 0 aliphatic rings. The normalized spacial score (nSPS) is 10.7. The SMILES string of the molecule is CN=C(NCCOc1cccc(F)c1)NCc1ccsc1.I. The molecule has 0 unspecified atom stereocenters. The molecule has 1 aromatic carbocycles. The Labute approximate surface area is 150 Å². The number of nitrogens with zero attached hydrogens (tertiary/aromatic N) is 1. The highest BCUT2D eigenvalue weighted by atomic mass is 127. The molecule has 2 N–H and O–H groups in total. The molecular weight excluding hydrogens is 416 g/mol. The van der Waals surface area contributed by atoms with Crippen LogP contribution in [0.25, 0.3) is 0 Å². The predicted octanol–water partition coefficient (Wildman–Crippen LogP) is 3.25. The van der Waals surface area contributed by atoms with E-state index in [0.717, 1.165) is 6.54 Å². The maximum absolute atomic E-state index is 13.0. The largest absolute Gasteiger partial charge is 0.492 e. The van der Waals surface area contributed by atoms with Crippen molar-refractivity contribution < 1.29 is 9.13 Å². The van der Waals surface area contributed by atoms with E-state index in [9.17, 15) is 4.39 Å². The molecule has 22 heavy (non-hydrogen) atoms. The summed E-state index contributed by atoms with van der Waals surface area (Å²) in [6, 6.07) is 8.18. The summed E-state index contributed by atoms with van der Waals surface area (Å²) in [7, 11) is 1.72. The molecule has 4 nitrogen and oxygen atoms in total. The molecule has 1 aromatic heterocycles. The molecule has 0 aliphatic carbocycles. The standard InChI is InChI=1S/C15H18FN3OS.HI/c1-17-15(19-10-12-5-8-21-11-12)18-6-7-20-14-4-2-3-13(16)9-14;/h2-5,8-9,11H,6-7,10H2,1H3,(H2,17,18,19);1H. The van der Waals surface area contributed by atoms with Gasteiger partial charge in [-0.2, -0.15) is 11.3 Å². The third-order valence-electron chi connectivity index (χ3n) is 2.72. The third kappa shape index (κ3) is 6.61. The molecule has 0 bridgehead atoms. The first kappa shape index (κ1) is 18.7. The van der Waals surface area contributed by atoms with E-state index < -0.39 is 0 Å². The smallest absolute Gasteiger partial charge is 0.191 e. The summed E-state index contributed by atoms with van der Waals surface area (Å²) >= 11 is 1.67. The minimum absolute atomic E-state index is 0. The van der Waals surface area contributed by atoms with Crippen LogP contribution in [0.2, 0.25) is 0 Å². The van der Waals surface area contributed by atoms with Crippen molar-refractivity contribution in [1.29, 1.82) is 0 Å². The van der Waals surface area contributed by atoms with Gasteiger partial charge in [-0.25, -0.2) is 4.39 Å². The lowest BCUT2D eigenvalue weighted by Gasteiger charge is -2.12. The third-order valence-corrected chi connectivity index (χ3v) is 3.46. The zero-order valence-corrected chi connectivity index (χ0v) is 15.4. The molecule has 0 atom stereocenters. The van der Waals surface area contributed by atoms with Crippen LogP contribution in [0.4, 0.5) is 4.39 Å². The molecule has 0 radical (unpaired) electrons. The second-order valence-corrected chi connectivity index (χ2v) is 5.07. The number of guanidine groups is 1. The fraction of sp³-hybridized carbons (Fsp3) is 0.267. The number of hydrogen-bond acceptors (Lipinski definition) is 3. The van der Waals surface area contributed by atoms with E-state index in [1.54, 1.807) is 30.5 Å². The van der Waals surface area contributed by atoms with Gasteiger partial charge in [0.25, 0.3) is 0 Å². The number of ether oxygens (including phenoxy) is 1. The van der Waals surface area contributed by atoms with Crippen LogP contribution in [-0.4, -0.2) is 26.2 Å². The Morgan fingerprint density at radius 2 is 2.18 bits per heavy atom. The Bertz CT molecular complexity index is 578. The molecule has 0 saturated carbocycles. The van der Waals surface area contributed by atoms with Gasteiger partial charge in [-0.15, -0.1) is 24.0 Å². The number of thiophene rings is 1. The quantitative estimate of drug-likeness (QED) is 0.317. The van der Waals surface area contributed by atoms with Crippen molar-refractivity contribution >= 4 is 41.3 Å². The lowest BCUT2D eigenvalue weighted by Crippen LogP contribution is -2.38. The lowest BCUT2D eigenvalue weighted by atomic mass is 10.3. The first-order valence-electron chi connectivity index (χ1n) is 6.62. The highest BCUT2D eigenvalue weighted by molar-refractivity contribution is 14.0. The first-order valence-corrected chi connectivity index (χ1v) is 7.56. The van der Waals surface area contributed by atoms with E-state index in [1.807, 2.05) is 5.38 Å². The second-order valence-electron chi connectivity index (χ2n) is 4.29. The summed E-state index contributed by atoms with van der Waals surface area (Å²) in [6.45, 7) is 1.75. The molecule has 2 aromatic rings. The van der Waals surface area contributed by atoms with Gasteiger partial charge in [0.1, 0.15) is 18.2 Å². The summed E-state index contributed by atoms with van der Waals surface area (Å²) < 4.78 is 18.4. The Morgan fingerprint density at radius 1 is 1.32 bits per heavy atom. The minimum Gasteiger partial charge on any atom is -0.492 e. The van der Waals surface area contributed by atoms with Crippen molar-refractivity contribution in [2.45, 2.75) is 6.54 Å². The minimum atomic E-state index is -0.298. The molecular formula is C15H19FIN3OS. The number of aliphatic imine (C=N–C) groups is 1. The number of nitrogens with one attached hydrogen (secondary N) is 2. The maximum atomic E-state index is 13.0. The van der Waals surface area contributed by atoms with Crippen LogP contribution in [-0.2, 0) is 6.54 Å². The monoisotopic (exact) mass is 435 g/mol. The molecule has 0 amide bonds. The summed E-state index contributed by atoms with van der Waals surface area (Å²) in [6.07, 6.45) is 0. The highest BCUT2D eigenvalue weighted by Crippen LogP contribution is 2.11. The fourth-order valence-corrected chi connectivity index (χ4v) is 2.36. The Hall–Kier alpha value is -1.35. The van der Waals surface area contributed by atoms with E-state index in [4.69, 9.17) is 4.74 Å². The summed E-state index contributed by atoms with van der Waals surface area (Å²) in [5.41, 5.74) is 1.22. The topological polar surface area (TPSA) is 45.7 Å². The average molecular weight is 435 g/mol. The Kier molecular flexibility index (Phi) is 8.83. The predicted molar refractivity (Wildman–Crippen MR) is 99.8 cm³/mol. The molecule has 120 valence electrons. The Morgan fingerprint density at radius 3 is 2.86 bits per heavy atom. The maximum Gasteiger partial charge on any atom is 0.191 e. The molecule has 0 fully saturated rings. The van der Waals surface area contributed by atoms with Gasteiger partial charge in [-0.05, 0) is 34.5 Å². The van der Waals surface area contributed by atoms with Crippen LogP contribution in [0.5, 0.6) is 5.75 Å². The summed E-state index contributed by atoms with van der Waals surface area (Å²) in [4.78, 5) is 4.13. The van der Waals surface area contributed by atoms with Crippen molar-refractivity contribution in [3.63, 3.8) is 0 Å². The van der Waals surface area contributed by atoms with Gasteiger partial charge in [0.2, 0.25) is 0 Å². The molecule has 0 aliphatic heterocycles. The molecule has 0 saturated heterocycles. The van der Waals surface area contributed by atoms with Gasteiger partial charge in [0.15, 0.2) is 5.96 Å². The van der Waals surface area contributed by atoms with Gasteiger partial charge in [0, 0.05) is 19.7 Å². The van der Waals surface area contributed by atoms with Crippen LogP contribution in [0.1, 0.15) is 5.56 Å². The van der Waals surface area contributed by atoms with Crippen molar-refractivity contribution in [1.82, 2.24) is 10.6 Å².